The summed E-state index contributed by atoms with van der Waals surface area (Å²) in [7, 11) is -1.36. The molecular weight excluding hydrogens is 795 g/mol. The topological polar surface area (TPSA) is 51.8 Å². The first-order valence-corrected chi connectivity index (χ1v) is 21.5. The van der Waals surface area contributed by atoms with Gasteiger partial charge in [0.15, 0.2) is 0 Å². The number of rotatable bonds is 5. The van der Waals surface area contributed by atoms with Gasteiger partial charge in [0, 0.05) is 43.6 Å². The van der Waals surface area contributed by atoms with Gasteiger partial charge < -0.3 is 14.4 Å². The Hall–Kier alpha value is -3.44. The van der Waals surface area contributed by atoms with Crippen LogP contribution in [0.25, 0.3) is 44.6 Å². The fourth-order valence-corrected chi connectivity index (χ4v) is 9.27. The van der Waals surface area contributed by atoms with Gasteiger partial charge >= 0.3 is 0 Å². The minimum absolute atomic E-state index is 0. The number of aromatic nitrogens is 3. The van der Waals surface area contributed by atoms with Crippen molar-refractivity contribution < 1.29 is 24.5 Å². The standard InChI is InChI=1S/C23H21N2O.C20H26NSi.Ir/c1-15-7-9-19-20-13-18(8-10-22(20)26-23(19)25-15)21-14-17(11-12-24-21)16-5-3-2-4-6-16;1-22(2,3)20-15-21-19(17-12-8-5-9-13-17)14-18(20)16-10-6-4-7-11-16;/h7,9-14,16H,2-6H2,1H3;5,8-9,12,14-16H,4,6-7,10-11H2,1-3H3;/q2*-1;. The zero-order valence-electron chi connectivity index (χ0n) is 29.3. The van der Waals surface area contributed by atoms with Crippen molar-refractivity contribution in [3.05, 3.63) is 108 Å². The van der Waals surface area contributed by atoms with Gasteiger partial charge in [0.25, 0.3) is 0 Å². The third-order valence-electron chi connectivity index (χ3n) is 10.3. The molecule has 6 aromatic rings. The van der Waals surface area contributed by atoms with E-state index in [1.54, 1.807) is 10.8 Å². The van der Waals surface area contributed by atoms with Crippen molar-refractivity contribution in [1.82, 2.24) is 15.0 Å². The molecule has 4 heterocycles. The number of hydrogen-bond donors (Lipinski definition) is 0. The second-order valence-corrected chi connectivity index (χ2v) is 19.9. The van der Waals surface area contributed by atoms with Gasteiger partial charge in [0.1, 0.15) is 0 Å². The quantitative estimate of drug-likeness (QED) is 0.128. The first-order chi connectivity index (χ1) is 23.3. The summed E-state index contributed by atoms with van der Waals surface area (Å²) in [5.41, 5.74) is 9.67. The number of benzene rings is 2. The first kappa shape index (κ1) is 35.4. The van der Waals surface area contributed by atoms with Crippen LogP contribution in [0, 0.1) is 19.1 Å². The molecule has 0 saturated heterocycles. The van der Waals surface area contributed by atoms with E-state index in [1.165, 1.54) is 69.8 Å². The zero-order valence-corrected chi connectivity index (χ0v) is 32.7. The molecule has 0 bridgehead atoms. The fraction of sp³-hybridized carbons (Fsp3) is 0.372. The Bertz CT molecular complexity index is 2000. The Morgan fingerprint density at radius 3 is 2.18 bits per heavy atom. The zero-order chi connectivity index (χ0) is 33.1. The van der Waals surface area contributed by atoms with E-state index in [0.717, 1.165) is 50.5 Å². The minimum Gasteiger partial charge on any atom is -0.486 e. The molecule has 0 unspecified atom stereocenters. The van der Waals surface area contributed by atoms with Gasteiger partial charge in [-0.05, 0) is 79.2 Å². The van der Waals surface area contributed by atoms with Crippen molar-refractivity contribution in [2.45, 2.75) is 103 Å². The average molecular weight is 842 g/mol. The van der Waals surface area contributed by atoms with E-state index in [-0.39, 0.29) is 20.1 Å². The normalized spacial score (nSPS) is 15.8. The van der Waals surface area contributed by atoms with E-state index >= 15 is 0 Å². The maximum Gasteiger partial charge on any atom is 0.216 e. The Kier molecular flexibility index (Phi) is 11.3. The van der Waals surface area contributed by atoms with Crippen molar-refractivity contribution in [1.29, 1.82) is 0 Å². The Morgan fingerprint density at radius 1 is 0.735 bits per heavy atom. The summed E-state index contributed by atoms with van der Waals surface area (Å²) in [4.78, 5) is 13.9. The van der Waals surface area contributed by atoms with Crippen LogP contribution in [0.4, 0.5) is 0 Å². The second-order valence-electron chi connectivity index (χ2n) is 14.9. The van der Waals surface area contributed by atoms with Gasteiger partial charge in [0.2, 0.25) is 5.71 Å². The summed E-state index contributed by atoms with van der Waals surface area (Å²) in [6.45, 7) is 9.28. The van der Waals surface area contributed by atoms with Crippen LogP contribution in [0.2, 0.25) is 19.6 Å². The monoisotopic (exact) mass is 842 g/mol. The molecule has 49 heavy (non-hydrogen) atoms. The molecule has 2 aliphatic rings. The van der Waals surface area contributed by atoms with Gasteiger partial charge in [-0.25, -0.2) is 4.98 Å². The van der Waals surface area contributed by atoms with E-state index in [9.17, 15) is 0 Å². The molecular formula is C43H47IrN3OSi-2. The molecule has 4 aromatic heterocycles. The molecule has 2 fully saturated rings. The summed E-state index contributed by atoms with van der Waals surface area (Å²) >= 11 is 0. The summed E-state index contributed by atoms with van der Waals surface area (Å²) in [5, 5.41) is 3.68. The number of hydrogen-bond acceptors (Lipinski definition) is 4. The third-order valence-corrected chi connectivity index (χ3v) is 12.4. The molecule has 8 rings (SSSR count). The summed E-state index contributed by atoms with van der Waals surface area (Å²) in [6, 6.07) is 29.8. The molecule has 255 valence electrons. The van der Waals surface area contributed by atoms with E-state index in [0.29, 0.717) is 11.6 Å². The van der Waals surface area contributed by atoms with Crippen LogP contribution in [0.15, 0.2) is 83.5 Å². The molecule has 0 amide bonds. The van der Waals surface area contributed by atoms with Crippen molar-refractivity contribution in [3.63, 3.8) is 0 Å². The molecule has 2 aromatic carbocycles. The van der Waals surface area contributed by atoms with Crippen LogP contribution >= 0.6 is 0 Å². The summed E-state index contributed by atoms with van der Waals surface area (Å²) in [6.07, 6.45) is 17.6. The van der Waals surface area contributed by atoms with Gasteiger partial charge in [-0.3, -0.25) is 0 Å². The van der Waals surface area contributed by atoms with Gasteiger partial charge in [-0.15, -0.1) is 59.7 Å². The molecule has 0 atom stereocenters. The van der Waals surface area contributed by atoms with Crippen molar-refractivity contribution in [2.24, 2.45) is 0 Å². The van der Waals surface area contributed by atoms with Gasteiger partial charge in [-0.2, -0.15) is 0 Å². The molecule has 0 aliphatic heterocycles. The molecule has 0 N–H and O–H groups in total. The molecule has 2 aliphatic carbocycles. The molecule has 6 heteroatoms. The average Bonchev–Trinajstić information content (AvgIpc) is 3.49. The van der Waals surface area contributed by atoms with Crippen LogP contribution in [-0.2, 0) is 20.1 Å². The third kappa shape index (κ3) is 8.14. The van der Waals surface area contributed by atoms with Crippen LogP contribution in [0.1, 0.15) is 92.9 Å². The Morgan fingerprint density at radius 2 is 1.47 bits per heavy atom. The summed E-state index contributed by atoms with van der Waals surface area (Å²) < 4.78 is 5.88. The van der Waals surface area contributed by atoms with Crippen LogP contribution in [0.3, 0.4) is 0 Å². The number of fused-ring (bicyclic) bond motifs is 3. The van der Waals surface area contributed by atoms with Crippen LogP contribution in [-0.4, -0.2) is 23.0 Å². The van der Waals surface area contributed by atoms with E-state index in [1.807, 2.05) is 37.4 Å². The van der Waals surface area contributed by atoms with Gasteiger partial charge in [0.05, 0.1) is 13.7 Å². The van der Waals surface area contributed by atoms with Crippen LogP contribution < -0.4 is 5.19 Å². The van der Waals surface area contributed by atoms with E-state index in [2.05, 4.69) is 90.4 Å². The largest absolute Gasteiger partial charge is 0.486 e. The van der Waals surface area contributed by atoms with Crippen molar-refractivity contribution >= 4 is 35.3 Å². The molecule has 2 saturated carbocycles. The Labute approximate surface area is 306 Å². The smallest absolute Gasteiger partial charge is 0.216 e. The predicted octanol–water partition coefficient (Wildman–Crippen LogP) is 11.3. The maximum atomic E-state index is 5.88. The molecule has 4 nitrogen and oxygen atoms in total. The number of nitrogens with zero attached hydrogens (tertiary/aromatic N) is 3. The fourth-order valence-electron chi connectivity index (χ4n) is 7.67. The SMILES string of the molecule is C[Si](C)(C)c1cnc(-c2[c-]cccc2)cc1C1CCCCC1.Cc1ccc2c(n1)oc1c[c-]c(-c3cc(C4CCCCC4)ccn3)cc12.[Ir]. The van der Waals surface area contributed by atoms with Crippen molar-refractivity contribution in [3.8, 4) is 22.5 Å². The van der Waals surface area contributed by atoms with Crippen molar-refractivity contribution in [2.75, 3.05) is 0 Å². The van der Waals surface area contributed by atoms with E-state index in [4.69, 9.17) is 9.40 Å². The predicted molar refractivity (Wildman–Crippen MR) is 201 cm³/mol. The minimum atomic E-state index is -1.36. The molecule has 0 spiro atoms. The van der Waals surface area contributed by atoms with Gasteiger partial charge in [-0.1, -0.05) is 86.8 Å². The number of furan rings is 1. The maximum absolute atomic E-state index is 5.88. The Balaban J connectivity index is 0.000000169. The molecule has 1 radical (unpaired) electrons. The first-order valence-electron chi connectivity index (χ1n) is 18.0. The summed E-state index contributed by atoms with van der Waals surface area (Å²) in [5.74, 6) is 1.41. The van der Waals surface area contributed by atoms with Crippen LogP contribution in [0.5, 0.6) is 0 Å². The number of pyridine rings is 3. The van der Waals surface area contributed by atoms with E-state index < -0.39 is 8.07 Å². The number of aryl methyl sites for hydroxylation is 1. The second kappa shape index (κ2) is 15.6.